The lowest BCUT2D eigenvalue weighted by Crippen LogP contribution is -2.29. The number of rotatable bonds is 2. The summed E-state index contributed by atoms with van der Waals surface area (Å²) in [5, 5.41) is 0.568. The first kappa shape index (κ1) is 11.5. The molecule has 4 heteroatoms. The van der Waals surface area contributed by atoms with E-state index in [1.165, 1.54) is 0 Å². The highest BCUT2D eigenvalue weighted by Gasteiger charge is 2.31. The summed E-state index contributed by atoms with van der Waals surface area (Å²) >= 11 is 11.7. The normalized spacial score (nSPS) is 18.2. The highest BCUT2D eigenvalue weighted by molar-refractivity contribution is 6.49. The molecule has 0 saturated carbocycles. The van der Waals surface area contributed by atoms with Gasteiger partial charge in [0.15, 0.2) is 0 Å². The number of carbonyl (C=O) groups excluding carboxylic acids is 1. The van der Waals surface area contributed by atoms with E-state index in [1.807, 2.05) is 37.3 Å². The lowest BCUT2D eigenvalue weighted by atomic mass is 10.1. The van der Waals surface area contributed by atoms with Crippen LogP contribution in [0.1, 0.15) is 18.5 Å². The van der Waals surface area contributed by atoms with Crippen molar-refractivity contribution >= 4 is 29.1 Å². The molecule has 0 fully saturated rings. The summed E-state index contributed by atoms with van der Waals surface area (Å²) in [4.78, 5) is 13.4. The molecule has 0 N–H and O–H groups in total. The van der Waals surface area contributed by atoms with Gasteiger partial charge in [-0.1, -0.05) is 53.5 Å². The topological polar surface area (TPSA) is 20.3 Å². The number of carbonyl (C=O) groups is 1. The Labute approximate surface area is 104 Å². The van der Waals surface area contributed by atoms with Crippen molar-refractivity contribution in [1.29, 1.82) is 0 Å². The van der Waals surface area contributed by atoms with Gasteiger partial charge in [-0.25, -0.2) is 0 Å². The highest BCUT2D eigenvalue weighted by atomic mass is 35.5. The maximum Gasteiger partial charge on any atom is 0.267 e. The van der Waals surface area contributed by atoms with Crippen molar-refractivity contribution < 1.29 is 4.79 Å². The zero-order valence-electron chi connectivity index (χ0n) is 8.78. The zero-order valence-corrected chi connectivity index (χ0v) is 10.3. The van der Waals surface area contributed by atoms with Gasteiger partial charge < -0.3 is 4.90 Å². The predicted octanol–water partition coefficient (Wildman–Crippen LogP) is 3.28. The number of amides is 1. The molecule has 1 aromatic rings. The van der Waals surface area contributed by atoms with Gasteiger partial charge in [0.1, 0.15) is 5.03 Å². The Morgan fingerprint density at radius 2 is 1.88 bits per heavy atom. The molecule has 84 valence electrons. The number of hydrogen-bond acceptors (Lipinski definition) is 1. The van der Waals surface area contributed by atoms with Gasteiger partial charge in [-0.15, -0.1) is 0 Å². The van der Waals surface area contributed by atoms with Crippen LogP contribution in [0, 0.1) is 0 Å². The fourth-order valence-corrected chi connectivity index (χ4v) is 2.14. The van der Waals surface area contributed by atoms with E-state index in [9.17, 15) is 4.79 Å². The molecule has 2 nitrogen and oxygen atoms in total. The lowest BCUT2D eigenvalue weighted by molar-refractivity contribution is -0.126. The summed E-state index contributed by atoms with van der Waals surface area (Å²) in [6.45, 7) is 2.36. The molecule has 1 heterocycles. The van der Waals surface area contributed by atoms with Crippen molar-refractivity contribution in [2.24, 2.45) is 0 Å². The summed E-state index contributed by atoms with van der Waals surface area (Å²) in [7, 11) is 0. The van der Waals surface area contributed by atoms with Crippen LogP contribution in [0.25, 0.3) is 0 Å². The Bertz CT molecular complexity index is 442. The average Bonchev–Trinajstić information content (AvgIpc) is 2.57. The minimum Gasteiger partial charge on any atom is -0.326 e. The first-order valence-corrected chi connectivity index (χ1v) is 5.77. The fourth-order valence-electron chi connectivity index (χ4n) is 1.76. The SMILES string of the molecule is C[C@H](c1ccccc1)N1CC(Cl)=C(Cl)C1=O. The lowest BCUT2D eigenvalue weighted by Gasteiger charge is -2.24. The van der Waals surface area contributed by atoms with E-state index in [1.54, 1.807) is 4.90 Å². The molecule has 0 unspecified atom stereocenters. The third kappa shape index (κ3) is 1.95. The minimum atomic E-state index is -0.192. The fraction of sp³-hybridized carbons (Fsp3) is 0.250. The number of nitrogens with zero attached hydrogens (tertiary/aromatic N) is 1. The second-order valence-electron chi connectivity index (χ2n) is 3.74. The van der Waals surface area contributed by atoms with Gasteiger partial charge in [0, 0.05) is 0 Å². The van der Waals surface area contributed by atoms with Crippen LogP contribution in [-0.4, -0.2) is 17.4 Å². The summed E-state index contributed by atoms with van der Waals surface area (Å²) in [5.41, 5.74) is 1.08. The summed E-state index contributed by atoms with van der Waals surface area (Å²) in [5.74, 6) is -0.192. The highest BCUT2D eigenvalue weighted by Crippen LogP contribution is 2.31. The predicted molar refractivity (Wildman–Crippen MR) is 65.3 cm³/mol. The van der Waals surface area contributed by atoms with Gasteiger partial charge in [-0.05, 0) is 12.5 Å². The van der Waals surface area contributed by atoms with Crippen LogP contribution in [-0.2, 0) is 4.79 Å². The van der Waals surface area contributed by atoms with Crippen molar-refractivity contribution in [1.82, 2.24) is 4.90 Å². The molecule has 2 rings (SSSR count). The Balaban J connectivity index is 2.20. The van der Waals surface area contributed by atoms with Crippen LogP contribution in [0.4, 0.5) is 0 Å². The average molecular weight is 256 g/mol. The molecule has 1 aliphatic rings. The smallest absolute Gasteiger partial charge is 0.267 e. The Morgan fingerprint density at radius 1 is 1.25 bits per heavy atom. The standard InChI is InChI=1S/C12H11Cl2NO/c1-8(9-5-3-2-4-6-9)15-7-10(13)11(14)12(15)16/h2-6,8H,7H2,1H3/t8-/m1/s1. The molecule has 0 aromatic heterocycles. The van der Waals surface area contributed by atoms with E-state index in [-0.39, 0.29) is 17.0 Å². The van der Waals surface area contributed by atoms with Crippen LogP contribution < -0.4 is 0 Å². The van der Waals surface area contributed by atoms with Gasteiger partial charge in [0.2, 0.25) is 0 Å². The van der Waals surface area contributed by atoms with Gasteiger partial charge in [-0.3, -0.25) is 4.79 Å². The van der Waals surface area contributed by atoms with Gasteiger partial charge >= 0.3 is 0 Å². The molecular formula is C12H11Cl2NO. The van der Waals surface area contributed by atoms with Crippen molar-refractivity contribution in [3.05, 3.63) is 46.0 Å². The monoisotopic (exact) mass is 255 g/mol. The van der Waals surface area contributed by atoms with E-state index in [0.717, 1.165) is 5.56 Å². The van der Waals surface area contributed by atoms with Crippen molar-refractivity contribution in [3.63, 3.8) is 0 Å². The molecule has 1 aromatic carbocycles. The second-order valence-corrected chi connectivity index (χ2v) is 4.57. The first-order chi connectivity index (χ1) is 7.61. The van der Waals surface area contributed by atoms with E-state index in [2.05, 4.69) is 0 Å². The Hall–Kier alpha value is -0.990. The third-order valence-corrected chi connectivity index (χ3v) is 3.54. The first-order valence-electron chi connectivity index (χ1n) is 5.01. The molecular weight excluding hydrogens is 245 g/mol. The van der Waals surface area contributed by atoms with Crippen LogP contribution in [0.5, 0.6) is 0 Å². The Morgan fingerprint density at radius 3 is 2.38 bits per heavy atom. The number of halogens is 2. The molecule has 16 heavy (non-hydrogen) atoms. The minimum absolute atomic E-state index is 0.0151. The molecule has 0 saturated heterocycles. The molecule has 0 bridgehead atoms. The molecule has 1 amide bonds. The number of benzene rings is 1. The quantitative estimate of drug-likeness (QED) is 0.795. The van der Waals surface area contributed by atoms with Gasteiger partial charge in [0.05, 0.1) is 17.6 Å². The summed E-state index contributed by atoms with van der Waals surface area (Å²) in [6, 6.07) is 9.79. The van der Waals surface area contributed by atoms with Crippen LogP contribution in [0.15, 0.2) is 40.4 Å². The van der Waals surface area contributed by atoms with Crippen LogP contribution >= 0.6 is 23.2 Å². The van der Waals surface area contributed by atoms with E-state index in [0.29, 0.717) is 11.6 Å². The van der Waals surface area contributed by atoms with Crippen molar-refractivity contribution in [3.8, 4) is 0 Å². The Kier molecular flexibility index (Phi) is 3.22. The molecule has 1 aliphatic heterocycles. The summed E-state index contributed by atoms with van der Waals surface area (Å²) < 4.78 is 0. The van der Waals surface area contributed by atoms with E-state index < -0.39 is 0 Å². The van der Waals surface area contributed by atoms with Crippen molar-refractivity contribution in [2.45, 2.75) is 13.0 Å². The van der Waals surface area contributed by atoms with Crippen LogP contribution in [0.3, 0.4) is 0 Å². The van der Waals surface area contributed by atoms with E-state index >= 15 is 0 Å². The van der Waals surface area contributed by atoms with Crippen LogP contribution in [0.2, 0.25) is 0 Å². The third-order valence-electron chi connectivity index (χ3n) is 2.75. The van der Waals surface area contributed by atoms with Crippen molar-refractivity contribution in [2.75, 3.05) is 6.54 Å². The maximum absolute atomic E-state index is 11.8. The molecule has 0 radical (unpaired) electrons. The molecule has 0 aliphatic carbocycles. The van der Waals surface area contributed by atoms with Gasteiger partial charge in [-0.2, -0.15) is 0 Å². The van der Waals surface area contributed by atoms with Gasteiger partial charge in [0.25, 0.3) is 5.91 Å². The maximum atomic E-state index is 11.8. The summed E-state index contributed by atoms with van der Waals surface area (Å²) in [6.07, 6.45) is 0. The zero-order chi connectivity index (χ0) is 11.7. The largest absolute Gasteiger partial charge is 0.326 e. The van der Waals surface area contributed by atoms with E-state index in [4.69, 9.17) is 23.2 Å². The number of hydrogen-bond donors (Lipinski definition) is 0. The molecule has 0 spiro atoms. The molecule has 1 atom stereocenters. The second kappa shape index (κ2) is 4.48.